The normalized spacial score (nSPS) is 38.0. The van der Waals surface area contributed by atoms with Gasteiger partial charge in [0.15, 0.2) is 6.29 Å². The van der Waals surface area contributed by atoms with Crippen LogP contribution in [-0.4, -0.2) is 121 Å². The van der Waals surface area contributed by atoms with Crippen LogP contribution in [0.4, 0.5) is 0 Å². The first-order chi connectivity index (χ1) is 18.3. The molecule has 3 rings (SSSR count). The minimum Gasteiger partial charge on any atom is -0.516 e. The second-order valence-electron chi connectivity index (χ2n) is 10.1. The summed E-state index contributed by atoms with van der Waals surface area (Å²) in [5.41, 5.74) is 24.3. The third-order valence-corrected chi connectivity index (χ3v) is 6.98. The fraction of sp³-hybridized carbons (Fsp3) is 0.833. The van der Waals surface area contributed by atoms with Crippen molar-refractivity contribution in [1.82, 2.24) is 10.6 Å². The second kappa shape index (κ2) is 15.4. The average molecular weight is 547 g/mol. The van der Waals surface area contributed by atoms with Crippen molar-refractivity contribution in [3.05, 3.63) is 23.7 Å². The first-order valence-corrected chi connectivity index (χ1v) is 13.3. The summed E-state index contributed by atoms with van der Waals surface area (Å²) in [6.07, 6.45) is -2.16. The summed E-state index contributed by atoms with van der Waals surface area (Å²) in [6.45, 7) is 2.11. The Labute approximate surface area is 223 Å². The minimum absolute atomic E-state index is 0.0557. The van der Waals surface area contributed by atoms with Gasteiger partial charge in [-0.1, -0.05) is 0 Å². The third kappa shape index (κ3) is 8.55. The number of nitrogens with two attached hydrogens (primary N) is 4. The Morgan fingerprint density at radius 2 is 1.89 bits per heavy atom. The standard InChI is InChI=1S/C24H46N6O8/c25-4-1-5-29-10-15-2-3-16(27)23(36-15)37-21-17(28)7-18(30-9-14(32)8-26)22(20(21)34)38-24-19(33)6-13(11-31)12-35-24/h2,11,14,16-24,29-34H,1,3-10,12,25-28H2/b13-11+/t14?,16-,17+,18-,19-,20+,21?,22+,23-,24-/m1/s1. The number of hydrogen-bond acceptors (Lipinski definition) is 14. The molecule has 0 aromatic carbocycles. The van der Waals surface area contributed by atoms with E-state index in [0.717, 1.165) is 19.2 Å². The van der Waals surface area contributed by atoms with Crippen molar-refractivity contribution in [2.24, 2.45) is 22.9 Å². The van der Waals surface area contributed by atoms with E-state index in [1.807, 2.05) is 6.08 Å². The summed E-state index contributed by atoms with van der Waals surface area (Å²) in [6, 6.07) is -1.59. The maximum atomic E-state index is 11.4. The van der Waals surface area contributed by atoms with E-state index in [-0.39, 0.29) is 26.1 Å². The molecule has 10 atom stereocenters. The summed E-state index contributed by atoms with van der Waals surface area (Å²) >= 11 is 0. The van der Waals surface area contributed by atoms with Gasteiger partial charge < -0.3 is 72.9 Å². The largest absolute Gasteiger partial charge is 0.516 e. The highest BCUT2D eigenvalue weighted by atomic mass is 16.7. The molecular formula is C24H46N6O8. The van der Waals surface area contributed by atoms with Crippen LogP contribution in [0.3, 0.4) is 0 Å². The quantitative estimate of drug-likeness (QED) is 0.0798. The van der Waals surface area contributed by atoms with E-state index in [2.05, 4.69) is 10.6 Å². The fourth-order valence-corrected chi connectivity index (χ4v) is 4.76. The van der Waals surface area contributed by atoms with Gasteiger partial charge in [0.2, 0.25) is 6.29 Å². The maximum Gasteiger partial charge on any atom is 0.215 e. The van der Waals surface area contributed by atoms with Crippen LogP contribution in [0, 0.1) is 0 Å². The summed E-state index contributed by atoms with van der Waals surface area (Å²) in [5.74, 6) is 0.683. The van der Waals surface area contributed by atoms with Crippen LogP contribution < -0.4 is 33.6 Å². The van der Waals surface area contributed by atoms with Crippen molar-refractivity contribution in [3.8, 4) is 0 Å². The molecule has 0 aromatic heterocycles. The van der Waals surface area contributed by atoms with Crippen molar-refractivity contribution in [2.75, 3.05) is 39.3 Å². The van der Waals surface area contributed by atoms with E-state index >= 15 is 0 Å². The molecule has 2 heterocycles. The molecule has 0 amide bonds. The van der Waals surface area contributed by atoms with Gasteiger partial charge in [0.25, 0.3) is 0 Å². The number of rotatable bonds is 13. The van der Waals surface area contributed by atoms with Gasteiger partial charge in [-0.3, -0.25) is 0 Å². The highest BCUT2D eigenvalue weighted by molar-refractivity contribution is 5.06. The lowest BCUT2D eigenvalue weighted by Gasteiger charge is -2.46. The van der Waals surface area contributed by atoms with Gasteiger partial charge in [0.1, 0.15) is 30.2 Å². The molecule has 14 N–H and O–H groups in total. The van der Waals surface area contributed by atoms with Crippen LogP contribution in [-0.2, 0) is 18.9 Å². The van der Waals surface area contributed by atoms with E-state index in [9.17, 15) is 20.4 Å². The number of hydrogen-bond donors (Lipinski definition) is 10. The van der Waals surface area contributed by atoms with E-state index < -0.39 is 61.2 Å². The fourth-order valence-electron chi connectivity index (χ4n) is 4.76. The molecule has 0 spiro atoms. The molecule has 1 saturated heterocycles. The lowest BCUT2D eigenvalue weighted by molar-refractivity contribution is -0.273. The van der Waals surface area contributed by atoms with Crippen LogP contribution in [0.2, 0.25) is 0 Å². The van der Waals surface area contributed by atoms with Crippen molar-refractivity contribution >= 4 is 0 Å². The van der Waals surface area contributed by atoms with E-state index in [0.29, 0.717) is 37.3 Å². The summed E-state index contributed by atoms with van der Waals surface area (Å²) in [4.78, 5) is 0. The zero-order valence-corrected chi connectivity index (χ0v) is 21.7. The number of ether oxygens (including phenoxy) is 4. The SMILES string of the molecule is NCCCNCC1=CC[C@@H](N)[C@@H](OC2[C@@H](N)C[C@@H](NCC(O)CN)[C@H](O[C@H]3OC/C(=C/O)C[C@H]3O)[C@H]2O)O1. The smallest absolute Gasteiger partial charge is 0.215 e. The summed E-state index contributed by atoms with van der Waals surface area (Å²) < 4.78 is 23.8. The highest BCUT2D eigenvalue weighted by Crippen LogP contribution is 2.31. The van der Waals surface area contributed by atoms with Crippen LogP contribution in [0.15, 0.2) is 23.7 Å². The Morgan fingerprint density at radius 1 is 1.13 bits per heavy atom. The van der Waals surface area contributed by atoms with Crippen LogP contribution in [0.5, 0.6) is 0 Å². The predicted octanol–water partition coefficient (Wildman–Crippen LogP) is -3.43. The Morgan fingerprint density at radius 3 is 2.58 bits per heavy atom. The molecule has 14 nitrogen and oxygen atoms in total. The van der Waals surface area contributed by atoms with E-state index in [1.54, 1.807) is 0 Å². The molecule has 1 saturated carbocycles. The molecule has 0 aromatic rings. The van der Waals surface area contributed by atoms with Gasteiger partial charge in [-0.05, 0) is 44.0 Å². The lowest BCUT2D eigenvalue weighted by atomic mass is 9.83. The van der Waals surface area contributed by atoms with E-state index in [1.165, 1.54) is 0 Å². The predicted molar refractivity (Wildman–Crippen MR) is 138 cm³/mol. The zero-order valence-electron chi connectivity index (χ0n) is 21.7. The highest BCUT2D eigenvalue weighted by Gasteiger charge is 2.48. The summed E-state index contributed by atoms with van der Waals surface area (Å²) in [5, 5.41) is 47.5. The molecule has 2 fully saturated rings. The molecular weight excluding hydrogens is 500 g/mol. The van der Waals surface area contributed by atoms with Gasteiger partial charge >= 0.3 is 0 Å². The van der Waals surface area contributed by atoms with Crippen molar-refractivity contribution in [3.63, 3.8) is 0 Å². The first-order valence-electron chi connectivity index (χ1n) is 13.3. The van der Waals surface area contributed by atoms with Crippen LogP contribution >= 0.6 is 0 Å². The van der Waals surface area contributed by atoms with Crippen molar-refractivity contribution in [2.45, 2.75) is 86.9 Å². The molecule has 0 radical (unpaired) electrons. The van der Waals surface area contributed by atoms with Gasteiger partial charge in [0.05, 0.1) is 31.6 Å². The third-order valence-electron chi connectivity index (χ3n) is 6.98. The molecule has 220 valence electrons. The molecule has 0 bridgehead atoms. The van der Waals surface area contributed by atoms with Gasteiger partial charge in [-0.15, -0.1) is 0 Å². The first kappa shape index (κ1) is 31.1. The second-order valence-corrected chi connectivity index (χ2v) is 10.1. The van der Waals surface area contributed by atoms with Gasteiger partial charge in [-0.2, -0.15) is 0 Å². The number of nitrogens with one attached hydrogen (secondary N) is 2. The summed E-state index contributed by atoms with van der Waals surface area (Å²) in [7, 11) is 0. The Balaban J connectivity index is 1.69. The molecule has 2 unspecified atom stereocenters. The monoisotopic (exact) mass is 546 g/mol. The molecule has 38 heavy (non-hydrogen) atoms. The topological polar surface area (TPSA) is 246 Å². The Hall–Kier alpha value is -1.40. The van der Waals surface area contributed by atoms with Crippen LogP contribution in [0.25, 0.3) is 0 Å². The molecule has 14 heteroatoms. The molecule has 1 aliphatic carbocycles. The Bertz CT molecular complexity index is 776. The number of aliphatic hydroxyl groups excluding tert-OH is 4. The molecule has 3 aliphatic rings. The Kier molecular flexibility index (Phi) is 12.6. The zero-order chi connectivity index (χ0) is 27.7. The average Bonchev–Trinajstić information content (AvgIpc) is 2.91. The maximum absolute atomic E-state index is 11.4. The number of aliphatic hydroxyl groups is 4. The van der Waals surface area contributed by atoms with Gasteiger partial charge in [-0.25, -0.2) is 0 Å². The van der Waals surface area contributed by atoms with Crippen molar-refractivity contribution < 1.29 is 39.4 Å². The van der Waals surface area contributed by atoms with Crippen molar-refractivity contribution in [1.29, 1.82) is 0 Å². The lowest BCUT2D eigenvalue weighted by Crippen LogP contribution is -2.66. The van der Waals surface area contributed by atoms with Gasteiger partial charge in [0, 0.05) is 31.6 Å². The van der Waals surface area contributed by atoms with Crippen LogP contribution in [0.1, 0.15) is 25.7 Å². The molecule has 2 aliphatic heterocycles. The minimum atomic E-state index is -1.25. The van der Waals surface area contributed by atoms with E-state index in [4.69, 9.17) is 41.9 Å².